The Morgan fingerprint density at radius 3 is 2.38 bits per heavy atom. The van der Waals surface area contributed by atoms with Gasteiger partial charge in [-0.2, -0.15) is 5.10 Å². The van der Waals surface area contributed by atoms with Crippen LogP contribution in [0.25, 0.3) is 0 Å². The maximum atomic E-state index is 12.2. The van der Waals surface area contributed by atoms with E-state index in [1.807, 2.05) is 50.2 Å². The van der Waals surface area contributed by atoms with Crippen LogP contribution in [0, 0.1) is 13.8 Å². The van der Waals surface area contributed by atoms with Crippen molar-refractivity contribution in [2.24, 2.45) is 5.73 Å². The number of rotatable bonds is 8. The smallest absolute Gasteiger partial charge is 0.256 e. The summed E-state index contributed by atoms with van der Waals surface area (Å²) in [4.78, 5) is 27.1. The molecule has 6 N–H and O–H groups in total. The van der Waals surface area contributed by atoms with Crippen molar-refractivity contribution in [1.29, 1.82) is 0 Å². The lowest BCUT2D eigenvalue weighted by molar-refractivity contribution is -0.118. The fourth-order valence-corrected chi connectivity index (χ4v) is 4.12. The summed E-state index contributed by atoms with van der Waals surface area (Å²) in [5.74, 6) is 0.423. The van der Waals surface area contributed by atoms with E-state index in [9.17, 15) is 14.7 Å². The highest BCUT2D eigenvalue weighted by atomic mass is 16.3. The third-order valence-corrected chi connectivity index (χ3v) is 5.99. The monoisotopic (exact) mass is 463 g/mol. The molecule has 0 saturated carbocycles. The molecule has 10 nitrogen and oxygen atoms in total. The molecule has 0 aliphatic carbocycles. The molecular weight excluding hydrogens is 434 g/mol. The van der Waals surface area contributed by atoms with Crippen molar-refractivity contribution in [2.45, 2.75) is 20.4 Å². The van der Waals surface area contributed by atoms with Crippen molar-refractivity contribution < 1.29 is 14.7 Å². The zero-order valence-corrected chi connectivity index (χ0v) is 19.3. The van der Waals surface area contributed by atoms with Crippen molar-refractivity contribution in [3.63, 3.8) is 0 Å². The second-order valence-electron chi connectivity index (χ2n) is 8.42. The SMILES string of the molecule is Cc1cc(CNc2n[nH]c(Nc3ccc(N4CCN(C=O)CC4)cc3)c2C(N)=O)cc(C)c1O. The Morgan fingerprint density at radius 2 is 1.79 bits per heavy atom. The average molecular weight is 464 g/mol. The first-order valence-corrected chi connectivity index (χ1v) is 11.1. The number of nitrogens with zero attached hydrogens (tertiary/aromatic N) is 3. The summed E-state index contributed by atoms with van der Waals surface area (Å²) in [6.07, 6.45) is 0.890. The number of carbonyl (C=O) groups is 2. The zero-order valence-electron chi connectivity index (χ0n) is 19.3. The number of benzene rings is 2. The zero-order chi connectivity index (χ0) is 24.2. The lowest BCUT2D eigenvalue weighted by Gasteiger charge is -2.34. The fourth-order valence-electron chi connectivity index (χ4n) is 4.12. The third-order valence-electron chi connectivity index (χ3n) is 5.99. The van der Waals surface area contributed by atoms with Crippen molar-refractivity contribution in [1.82, 2.24) is 15.1 Å². The quantitative estimate of drug-likeness (QED) is 0.323. The van der Waals surface area contributed by atoms with Crippen LogP contribution in [-0.2, 0) is 11.3 Å². The number of hydrogen-bond donors (Lipinski definition) is 5. The van der Waals surface area contributed by atoms with Crippen molar-refractivity contribution in [3.05, 3.63) is 58.7 Å². The van der Waals surface area contributed by atoms with Gasteiger partial charge < -0.3 is 31.3 Å². The summed E-state index contributed by atoms with van der Waals surface area (Å²) in [7, 11) is 0. The Hall–Kier alpha value is -4.21. The predicted molar refractivity (Wildman–Crippen MR) is 132 cm³/mol. The molecule has 0 unspecified atom stereocenters. The largest absolute Gasteiger partial charge is 0.507 e. The lowest BCUT2D eigenvalue weighted by Crippen LogP contribution is -2.45. The van der Waals surface area contributed by atoms with Crippen molar-refractivity contribution in [2.75, 3.05) is 41.7 Å². The number of H-pyrrole nitrogens is 1. The summed E-state index contributed by atoms with van der Waals surface area (Å²) in [5.41, 5.74) is 10.2. The van der Waals surface area contributed by atoms with Crippen LogP contribution in [0.15, 0.2) is 36.4 Å². The Morgan fingerprint density at radius 1 is 1.15 bits per heavy atom. The highest BCUT2D eigenvalue weighted by molar-refractivity contribution is 6.03. The molecule has 1 aliphatic heterocycles. The minimum atomic E-state index is -0.610. The number of hydrogen-bond acceptors (Lipinski definition) is 7. The van der Waals surface area contributed by atoms with Gasteiger partial charge in [-0.05, 0) is 54.8 Å². The van der Waals surface area contributed by atoms with Gasteiger partial charge >= 0.3 is 0 Å². The van der Waals surface area contributed by atoms with E-state index in [0.29, 0.717) is 31.3 Å². The molecule has 2 aromatic carbocycles. The molecule has 1 aromatic heterocycles. The topological polar surface area (TPSA) is 140 Å². The van der Waals surface area contributed by atoms with E-state index in [4.69, 9.17) is 5.73 Å². The number of piperazine rings is 1. The normalized spacial score (nSPS) is 13.6. The van der Waals surface area contributed by atoms with E-state index in [1.165, 1.54) is 0 Å². The molecule has 34 heavy (non-hydrogen) atoms. The van der Waals surface area contributed by atoms with Crippen molar-refractivity contribution >= 4 is 35.3 Å². The van der Waals surface area contributed by atoms with Gasteiger partial charge in [0.2, 0.25) is 6.41 Å². The number of amides is 2. The summed E-state index contributed by atoms with van der Waals surface area (Å²) in [6, 6.07) is 11.6. The summed E-state index contributed by atoms with van der Waals surface area (Å²) < 4.78 is 0. The highest BCUT2D eigenvalue weighted by Crippen LogP contribution is 2.27. The highest BCUT2D eigenvalue weighted by Gasteiger charge is 2.19. The standard InChI is InChI=1S/C24H29N7O3/c1-15-11-17(12-16(2)21(15)33)13-26-23-20(22(25)34)24(29-28-23)27-18-3-5-19(6-4-18)31-9-7-30(14-32)8-10-31/h3-6,11-12,14,33H,7-10,13H2,1-2H3,(H2,25,34)(H3,26,27,28,29). The van der Waals surface area contributed by atoms with E-state index in [1.54, 1.807) is 4.90 Å². The van der Waals surface area contributed by atoms with Gasteiger partial charge in [0.25, 0.3) is 5.91 Å². The Kier molecular flexibility index (Phi) is 6.58. The van der Waals surface area contributed by atoms with Gasteiger partial charge in [-0.1, -0.05) is 12.1 Å². The van der Waals surface area contributed by atoms with Gasteiger partial charge in [0.15, 0.2) is 5.82 Å². The van der Waals surface area contributed by atoms with Crippen LogP contribution in [0.5, 0.6) is 5.75 Å². The molecule has 2 amide bonds. The number of aromatic amines is 1. The van der Waals surface area contributed by atoms with Gasteiger partial charge in [0, 0.05) is 44.1 Å². The van der Waals surface area contributed by atoms with Crippen molar-refractivity contribution in [3.8, 4) is 5.75 Å². The maximum absolute atomic E-state index is 12.2. The molecule has 0 radical (unpaired) electrons. The Bertz CT molecular complexity index is 1160. The second-order valence-corrected chi connectivity index (χ2v) is 8.42. The molecule has 3 aromatic rings. The summed E-state index contributed by atoms with van der Waals surface area (Å²) in [6.45, 7) is 7.08. The van der Waals surface area contributed by atoms with E-state index >= 15 is 0 Å². The number of carbonyl (C=O) groups excluding carboxylic acids is 2. The number of aromatic nitrogens is 2. The second kappa shape index (κ2) is 9.74. The van der Waals surface area contributed by atoms with E-state index < -0.39 is 5.91 Å². The van der Waals surface area contributed by atoms with Gasteiger partial charge in [0.05, 0.1) is 0 Å². The number of nitrogens with one attached hydrogen (secondary N) is 3. The predicted octanol–water partition coefficient (Wildman–Crippen LogP) is 2.47. The van der Waals surface area contributed by atoms with Crippen LogP contribution in [0.3, 0.4) is 0 Å². The molecule has 1 aliphatic rings. The van der Waals surface area contributed by atoms with Gasteiger partial charge in [-0.3, -0.25) is 14.7 Å². The number of aromatic hydroxyl groups is 1. The molecular formula is C24H29N7O3. The molecule has 1 fully saturated rings. The molecule has 0 bridgehead atoms. The van der Waals surface area contributed by atoms with Crippen LogP contribution in [-0.4, -0.2) is 58.7 Å². The molecule has 178 valence electrons. The fraction of sp³-hybridized carbons (Fsp3) is 0.292. The average Bonchev–Trinajstić information content (AvgIpc) is 3.24. The summed E-state index contributed by atoms with van der Waals surface area (Å²) in [5, 5.41) is 23.4. The number of primary amides is 1. The molecule has 10 heteroatoms. The number of phenolic OH excluding ortho intramolecular Hbond substituents is 1. The van der Waals surface area contributed by atoms with Crippen LogP contribution in [0.1, 0.15) is 27.0 Å². The summed E-state index contributed by atoms with van der Waals surface area (Å²) >= 11 is 0. The molecule has 2 heterocycles. The first-order valence-electron chi connectivity index (χ1n) is 11.1. The Labute approximate surface area is 197 Å². The van der Waals surface area contributed by atoms with E-state index in [0.717, 1.165) is 47.6 Å². The van der Waals surface area contributed by atoms with E-state index in [2.05, 4.69) is 25.7 Å². The minimum absolute atomic E-state index is 0.237. The van der Waals surface area contributed by atoms with Gasteiger partial charge in [0.1, 0.15) is 17.1 Å². The number of phenols is 1. The minimum Gasteiger partial charge on any atom is -0.507 e. The van der Waals surface area contributed by atoms with Crippen LogP contribution in [0.2, 0.25) is 0 Å². The molecule has 0 atom stereocenters. The maximum Gasteiger partial charge on any atom is 0.256 e. The molecule has 1 saturated heterocycles. The molecule has 0 spiro atoms. The first kappa shape index (κ1) is 23.0. The van der Waals surface area contributed by atoms with Crippen LogP contribution >= 0.6 is 0 Å². The van der Waals surface area contributed by atoms with Gasteiger partial charge in [-0.15, -0.1) is 0 Å². The Balaban J connectivity index is 1.44. The van der Waals surface area contributed by atoms with Crippen LogP contribution < -0.4 is 21.3 Å². The molecule has 4 rings (SSSR count). The third kappa shape index (κ3) is 4.90. The first-order chi connectivity index (χ1) is 16.4. The lowest BCUT2D eigenvalue weighted by atomic mass is 10.1. The van der Waals surface area contributed by atoms with Gasteiger partial charge in [-0.25, -0.2) is 0 Å². The van der Waals surface area contributed by atoms with Crippen LogP contribution in [0.4, 0.5) is 23.0 Å². The number of aryl methyl sites for hydroxylation is 2. The number of nitrogens with two attached hydrogens (primary N) is 1. The number of anilines is 4. The van der Waals surface area contributed by atoms with E-state index in [-0.39, 0.29) is 11.3 Å².